The van der Waals surface area contributed by atoms with E-state index in [0.29, 0.717) is 5.76 Å². The van der Waals surface area contributed by atoms with Crippen LogP contribution in [0.2, 0.25) is 0 Å². The molecule has 0 unspecified atom stereocenters. The van der Waals surface area contributed by atoms with Crippen molar-refractivity contribution in [2.45, 2.75) is 6.54 Å². The maximum absolute atomic E-state index is 5.17. The highest BCUT2D eigenvalue weighted by atomic mass is 16.5. The Kier molecular flexibility index (Phi) is 2.14. The molecule has 0 saturated carbocycles. The second kappa shape index (κ2) is 3.45. The summed E-state index contributed by atoms with van der Waals surface area (Å²) < 4.78 is 10.3. The smallest absolute Gasteiger partial charge is 0.202 e. The van der Waals surface area contributed by atoms with Crippen LogP contribution in [0.3, 0.4) is 0 Å². The fraction of sp³-hybridized carbons (Fsp3) is 0.222. The summed E-state index contributed by atoms with van der Waals surface area (Å²) in [7, 11) is 1.99. The Bertz CT molecular complexity index is 365. The van der Waals surface area contributed by atoms with Crippen LogP contribution in [-0.2, 0) is 6.54 Å². The maximum atomic E-state index is 5.17. The second-order valence-electron chi connectivity index (χ2n) is 2.77. The third-order valence-electron chi connectivity index (χ3n) is 1.74. The Morgan fingerprint density at radius 3 is 3.08 bits per heavy atom. The van der Waals surface area contributed by atoms with E-state index >= 15 is 0 Å². The Balaban J connectivity index is 2.23. The van der Waals surface area contributed by atoms with Gasteiger partial charge in [0.25, 0.3) is 0 Å². The molecule has 0 amide bonds. The minimum absolute atomic E-state index is 0.682. The molecule has 0 aliphatic rings. The van der Waals surface area contributed by atoms with Gasteiger partial charge in [0, 0.05) is 6.07 Å². The van der Waals surface area contributed by atoms with Gasteiger partial charge in [0.2, 0.25) is 5.76 Å². The topological polar surface area (TPSA) is 55.8 Å². The van der Waals surface area contributed by atoms with Crippen LogP contribution in [0.25, 0.3) is 11.5 Å². The first-order valence-corrected chi connectivity index (χ1v) is 4.17. The van der Waals surface area contributed by atoms with E-state index in [0.717, 1.165) is 18.0 Å². The number of furan rings is 1. The molecule has 4 nitrogen and oxygen atoms in total. The van der Waals surface area contributed by atoms with Gasteiger partial charge in [-0.15, -0.1) is 0 Å². The van der Waals surface area contributed by atoms with Crippen LogP contribution in [0, 0.1) is 0 Å². The van der Waals surface area contributed by atoms with Gasteiger partial charge in [-0.2, -0.15) is 0 Å². The lowest BCUT2D eigenvalue weighted by Crippen LogP contribution is -2.77. The van der Waals surface area contributed by atoms with E-state index in [-0.39, 0.29) is 0 Å². The van der Waals surface area contributed by atoms with E-state index in [4.69, 9.17) is 8.94 Å². The van der Waals surface area contributed by atoms with Crippen molar-refractivity contribution in [3.05, 3.63) is 30.2 Å². The average molecular weight is 179 g/mol. The van der Waals surface area contributed by atoms with Gasteiger partial charge in [0.15, 0.2) is 5.76 Å². The molecule has 0 aliphatic carbocycles. The Hall–Kier alpha value is -1.55. The number of aromatic nitrogens is 1. The van der Waals surface area contributed by atoms with Crippen molar-refractivity contribution < 1.29 is 14.3 Å². The summed E-state index contributed by atoms with van der Waals surface area (Å²) in [5.74, 6) is 1.40. The summed E-state index contributed by atoms with van der Waals surface area (Å²) in [4.78, 5) is 0. The average Bonchev–Trinajstić information content (AvgIpc) is 2.70. The summed E-state index contributed by atoms with van der Waals surface area (Å²) in [6.45, 7) is 0.824. The van der Waals surface area contributed by atoms with E-state index in [1.807, 2.05) is 30.6 Å². The van der Waals surface area contributed by atoms with Gasteiger partial charge >= 0.3 is 0 Å². The quantitative estimate of drug-likeness (QED) is 0.751. The lowest BCUT2D eigenvalue weighted by molar-refractivity contribution is -0.643. The molecule has 0 saturated heterocycles. The lowest BCUT2D eigenvalue weighted by Gasteiger charge is -1.85. The number of rotatable bonds is 3. The maximum Gasteiger partial charge on any atom is 0.202 e. The molecule has 13 heavy (non-hydrogen) atoms. The molecular weight excluding hydrogens is 168 g/mol. The van der Waals surface area contributed by atoms with Crippen molar-refractivity contribution in [3.8, 4) is 11.5 Å². The van der Waals surface area contributed by atoms with Gasteiger partial charge < -0.3 is 14.3 Å². The molecular formula is C9H11N2O2+. The van der Waals surface area contributed by atoms with Crippen molar-refractivity contribution in [1.29, 1.82) is 0 Å². The second-order valence-corrected chi connectivity index (χ2v) is 2.77. The highest BCUT2D eigenvalue weighted by Gasteiger charge is 2.08. The molecule has 2 heterocycles. The SMILES string of the molecule is C[NH2+]Cc1cc(-c2ccco2)on1. The van der Waals surface area contributed by atoms with Crippen LogP contribution >= 0.6 is 0 Å². The van der Waals surface area contributed by atoms with Crippen molar-refractivity contribution >= 4 is 0 Å². The summed E-state index contributed by atoms with van der Waals surface area (Å²) in [6.07, 6.45) is 1.61. The molecule has 4 heteroatoms. The molecule has 2 N–H and O–H groups in total. The monoisotopic (exact) mass is 179 g/mol. The normalized spacial score (nSPS) is 10.5. The molecule has 0 atom stereocenters. The zero-order valence-electron chi connectivity index (χ0n) is 7.36. The van der Waals surface area contributed by atoms with E-state index < -0.39 is 0 Å². The third-order valence-corrected chi connectivity index (χ3v) is 1.74. The standard InChI is InChI=1S/C9H10N2O2/c1-10-6-7-5-9(13-11-7)8-3-2-4-12-8/h2-5,10H,6H2,1H3/p+1. The first-order chi connectivity index (χ1) is 6.40. The number of nitrogens with zero attached hydrogens (tertiary/aromatic N) is 1. The van der Waals surface area contributed by atoms with Gasteiger partial charge in [0.05, 0.1) is 13.3 Å². The van der Waals surface area contributed by atoms with Crippen LogP contribution < -0.4 is 5.32 Å². The van der Waals surface area contributed by atoms with Gasteiger partial charge in [0.1, 0.15) is 12.2 Å². The number of hydrogen-bond donors (Lipinski definition) is 1. The molecule has 0 aliphatic heterocycles. The van der Waals surface area contributed by atoms with E-state index in [2.05, 4.69) is 5.16 Å². The first-order valence-electron chi connectivity index (χ1n) is 4.17. The first kappa shape index (κ1) is 8.07. The van der Waals surface area contributed by atoms with Crippen molar-refractivity contribution in [2.75, 3.05) is 7.05 Å². The zero-order chi connectivity index (χ0) is 9.10. The Morgan fingerprint density at radius 1 is 1.46 bits per heavy atom. The zero-order valence-corrected chi connectivity index (χ0v) is 7.36. The van der Waals surface area contributed by atoms with Gasteiger partial charge in [-0.1, -0.05) is 5.16 Å². The Labute approximate surface area is 75.5 Å². The summed E-state index contributed by atoms with van der Waals surface area (Å²) in [5, 5.41) is 5.93. The van der Waals surface area contributed by atoms with E-state index in [9.17, 15) is 0 Å². The van der Waals surface area contributed by atoms with E-state index in [1.165, 1.54) is 0 Å². The highest BCUT2D eigenvalue weighted by Crippen LogP contribution is 2.19. The number of nitrogens with two attached hydrogens (primary N) is 1. The van der Waals surface area contributed by atoms with Crippen LogP contribution in [0.15, 0.2) is 33.4 Å². The molecule has 2 aromatic rings. The fourth-order valence-electron chi connectivity index (χ4n) is 1.15. The predicted octanol–water partition coefficient (Wildman–Crippen LogP) is 0.628. The number of quaternary nitrogens is 1. The molecule has 0 radical (unpaired) electrons. The van der Waals surface area contributed by atoms with Gasteiger partial charge in [-0.05, 0) is 12.1 Å². The molecule has 0 fully saturated rings. The lowest BCUT2D eigenvalue weighted by atomic mass is 10.3. The highest BCUT2D eigenvalue weighted by molar-refractivity contribution is 5.49. The van der Waals surface area contributed by atoms with Crippen LogP contribution in [-0.4, -0.2) is 12.2 Å². The molecule has 0 aromatic carbocycles. The third kappa shape index (κ3) is 1.62. The molecule has 0 bridgehead atoms. The van der Waals surface area contributed by atoms with Crippen molar-refractivity contribution in [3.63, 3.8) is 0 Å². The molecule has 0 spiro atoms. The van der Waals surface area contributed by atoms with Gasteiger partial charge in [-0.3, -0.25) is 0 Å². The largest absolute Gasteiger partial charge is 0.461 e. The van der Waals surface area contributed by atoms with Gasteiger partial charge in [-0.25, -0.2) is 0 Å². The fourth-order valence-corrected chi connectivity index (χ4v) is 1.15. The van der Waals surface area contributed by atoms with Crippen LogP contribution in [0.4, 0.5) is 0 Å². The number of hydrogen-bond acceptors (Lipinski definition) is 3. The molecule has 2 rings (SSSR count). The van der Waals surface area contributed by atoms with Crippen LogP contribution in [0.1, 0.15) is 5.69 Å². The summed E-state index contributed by atoms with van der Waals surface area (Å²) in [5.41, 5.74) is 0.925. The predicted molar refractivity (Wildman–Crippen MR) is 45.8 cm³/mol. The summed E-state index contributed by atoms with van der Waals surface area (Å²) in [6, 6.07) is 5.56. The molecule has 2 aromatic heterocycles. The minimum Gasteiger partial charge on any atom is -0.461 e. The van der Waals surface area contributed by atoms with Crippen molar-refractivity contribution in [1.82, 2.24) is 5.16 Å². The summed E-state index contributed by atoms with van der Waals surface area (Å²) >= 11 is 0. The van der Waals surface area contributed by atoms with Crippen molar-refractivity contribution in [2.24, 2.45) is 0 Å². The minimum atomic E-state index is 0.682. The Morgan fingerprint density at radius 2 is 2.38 bits per heavy atom. The van der Waals surface area contributed by atoms with Crippen LogP contribution in [0.5, 0.6) is 0 Å². The molecule has 68 valence electrons. The van der Waals surface area contributed by atoms with E-state index in [1.54, 1.807) is 6.26 Å².